The van der Waals surface area contributed by atoms with E-state index in [0.717, 1.165) is 11.3 Å². The lowest BCUT2D eigenvalue weighted by molar-refractivity contribution is -0.173. The summed E-state index contributed by atoms with van der Waals surface area (Å²) in [6.45, 7) is 6.15. The van der Waals surface area contributed by atoms with Crippen molar-refractivity contribution in [3.63, 3.8) is 0 Å². The molecular weight excluding hydrogens is 486 g/mol. The third-order valence-electron chi connectivity index (χ3n) is 4.79. The number of thioether (sulfide) groups is 1. The van der Waals surface area contributed by atoms with Gasteiger partial charge in [-0.15, -0.1) is 23.1 Å². The quantitative estimate of drug-likeness (QED) is 0.176. The lowest BCUT2D eigenvalue weighted by Gasteiger charge is -2.49. The van der Waals surface area contributed by atoms with Crippen molar-refractivity contribution in [3.05, 3.63) is 22.3 Å². The molecule has 1 fully saturated rings. The molecule has 12 nitrogen and oxygen atoms in total. The number of hydrogen-bond acceptors (Lipinski definition) is 12. The van der Waals surface area contributed by atoms with Crippen LogP contribution in [0.3, 0.4) is 0 Å². The molecule has 0 aromatic carbocycles. The van der Waals surface area contributed by atoms with E-state index in [-0.39, 0.29) is 22.2 Å². The van der Waals surface area contributed by atoms with E-state index in [0.29, 0.717) is 11.3 Å². The van der Waals surface area contributed by atoms with Gasteiger partial charge in [0.25, 0.3) is 11.8 Å². The van der Waals surface area contributed by atoms with Crippen molar-refractivity contribution in [2.75, 3.05) is 25.4 Å². The number of esters is 2. The van der Waals surface area contributed by atoms with E-state index in [1.54, 1.807) is 33.1 Å². The Morgan fingerprint density at radius 1 is 1.32 bits per heavy atom. The van der Waals surface area contributed by atoms with Crippen LogP contribution in [0.5, 0.6) is 0 Å². The highest BCUT2D eigenvalue weighted by Gasteiger charge is 2.54. The molecule has 0 bridgehead atoms. The second-order valence-corrected chi connectivity index (χ2v) is 10.4. The first kappa shape index (κ1) is 25.5. The van der Waals surface area contributed by atoms with Crippen molar-refractivity contribution in [2.45, 2.75) is 39.1 Å². The first-order chi connectivity index (χ1) is 16.0. The molecule has 2 aliphatic rings. The van der Waals surface area contributed by atoms with E-state index in [1.807, 2.05) is 0 Å². The van der Waals surface area contributed by atoms with Crippen molar-refractivity contribution in [2.24, 2.45) is 10.6 Å². The molecule has 3 rings (SSSR count). The second-order valence-electron chi connectivity index (χ2n) is 8.41. The van der Waals surface area contributed by atoms with E-state index >= 15 is 0 Å². The molecule has 0 radical (unpaired) electrons. The summed E-state index contributed by atoms with van der Waals surface area (Å²) in [5.74, 6) is -2.04. The van der Waals surface area contributed by atoms with Gasteiger partial charge in [-0.25, -0.2) is 9.78 Å². The smallest absolute Gasteiger partial charge is 0.357 e. The molecule has 0 saturated carbocycles. The number of fused-ring (bicyclic) bond motifs is 1. The van der Waals surface area contributed by atoms with Crippen molar-refractivity contribution in [1.82, 2.24) is 15.2 Å². The van der Waals surface area contributed by atoms with Crippen molar-refractivity contribution >= 4 is 57.7 Å². The predicted molar refractivity (Wildman–Crippen MR) is 124 cm³/mol. The average molecular weight is 512 g/mol. The molecule has 2 aliphatic heterocycles. The Kier molecular flexibility index (Phi) is 7.51. The average Bonchev–Trinajstić information content (AvgIpc) is 3.20. The molecule has 0 aliphatic carbocycles. The fourth-order valence-corrected chi connectivity index (χ4v) is 4.93. The molecule has 1 aromatic heterocycles. The molecule has 2 amide bonds. The maximum Gasteiger partial charge on any atom is 0.357 e. The third-order valence-corrected chi connectivity index (χ3v) is 6.89. The summed E-state index contributed by atoms with van der Waals surface area (Å²) in [5, 5.41) is 7.60. The lowest BCUT2D eigenvalue weighted by Crippen LogP contribution is -2.71. The predicted octanol–water partition coefficient (Wildman–Crippen LogP) is 0.840. The van der Waals surface area contributed by atoms with Gasteiger partial charge in [0.1, 0.15) is 29.9 Å². The number of thiazole rings is 1. The van der Waals surface area contributed by atoms with Gasteiger partial charge in [0.05, 0.1) is 5.41 Å². The fourth-order valence-electron chi connectivity index (χ4n) is 3.09. The largest absolute Gasteiger partial charge is 0.427 e. The summed E-state index contributed by atoms with van der Waals surface area (Å²) >= 11 is 2.52. The van der Waals surface area contributed by atoms with Gasteiger partial charge in [0, 0.05) is 11.1 Å². The van der Waals surface area contributed by atoms with Crippen molar-refractivity contribution in [3.8, 4) is 0 Å². The minimum absolute atomic E-state index is 0.0733. The van der Waals surface area contributed by atoms with Crippen LogP contribution in [-0.4, -0.2) is 70.4 Å². The Labute approximate surface area is 203 Å². The summed E-state index contributed by atoms with van der Waals surface area (Å²) < 4.78 is 10.0. The third kappa shape index (κ3) is 5.17. The van der Waals surface area contributed by atoms with Crippen LogP contribution in [0, 0.1) is 5.41 Å². The monoisotopic (exact) mass is 511 g/mol. The number of amides is 2. The molecule has 2 atom stereocenters. The van der Waals surface area contributed by atoms with Gasteiger partial charge in [0.15, 0.2) is 10.8 Å². The zero-order valence-corrected chi connectivity index (χ0v) is 20.9. The first-order valence-electron chi connectivity index (χ1n) is 10.1. The number of nitrogens with two attached hydrogens (primary N) is 1. The van der Waals surface area contributed by atoms with Gasteiger partial charge in [-0.05, 0) is 33.3 Å². The maximum atomic E-state index is 12.9. The SMILES string of the molecule is CO/N=C(\C(=O)NC1C(=O)N2C(C(=O)OCOC(=O)C(C)(C)C)=C(C)CS[C@@H]12)c1csc(N)n1. The summed E-state index contributed by atoms with van der Waals surface area (Å²) in [7, 11) is 1.28. The van der Waals surface area contributed by atoms with E-state index in [2.05, 4.69) is 15.5 Å². The van der Waals surface area contributed by atoms with Crippen LogP contribution in [0.1, 0.15) is 33.4 Å². The number of nitrogen functional groups attached to an aromatic ring is 1. The van der Waals surface area contributed by atoms with E-state index in [1.165, 1.54) is 23.8 Å². The molecule has 1 unspecified atom stereocenters. The van der Waals surface area contributed by atoms with Crippen LogP contribution in [0.15, 0.2) is 21.8 Å². The zero-order valence-electron chi connectivity index (χ0n) is 19.2. The zero-order chi connectivity index (χ0) is 25.2. The Morgan fingerprint density at radius 2 is 2.03 bits per heavy atom. The number of oxime groups is 1. The summed E-state index contributed by atoms with van der Waals surface area (Å²) in [6, 6.07) is -0.898. The lowest BCUT2D eigenvalue weighted by atomic mass is 9.98. The van der Waals surface area contributed by atoms with Crippen LogP contribution in [-0.2, 0) is 33.5 Å². The number of aromatic nitrogens is 1. The normalized spacial score (nSPS) is 20.3. The molecule has 3 heterocycles. The number of carbonyl (C=O) groups is 4. The number of nitrogens with one attached hydrogen (secondary N) is 1. The molecule has 1 aromatic rings. The second kappa shape index (κ2) is 10.0. The van der Waals surface area contributed by atoms with Gasteiger partial charge in [-0.2, -0.15) is 0 Å². The summed E-state index contributed by atoms with van der Waals surface area (Å²) in [6.07, 6.45) is 0. The maximum absolute atomic E-state index is 12.9. The van der Waals surface area contributed by atoms with E-state index in [4.69, 9.17) is 20.0 Å². The van der Waals surface area contributed by atoms with Gasteiger partial charge in [0.2, 0.25) is 6.79 Å². The molecular formula is C20H25N5O7S2. The number of ether oxygens (including phenoxy) is 2. The minimum atomic E-state index is -0.898. The van der Waals surface area contributed by atoms with Gasteiger partial charge >= 0.3 is 11.9 Å². The molecule has 1 saturated heterocycles. The highest BCUT2D eigenvalue weighted by atomic mass is 32.2. The number of hydrogen-bond donors (Lipinski definition) is 2. The topological polar surface area (TPSA) is 163 Å². The van der Waals surface area contributed by atoms with E-state index < -0.39 is 47.4 Å². The Hall–Kier alpha value is -3.13. The minimum Gasteiger partial charge on any atom is -0.427 e. The van der Waals surface area contributed by atoms with Gasteiger partial charge in [-0.3, -0.25) is 19.3 Å². The number of carbonyl (C=O) groups excluding carboxylic acids is 4. The highest BCUT2D eigenvalue weighted by molar-refractivity contribution is 8.00. The summed E-state index contributed by atoms with van der Waals surface area (Å²) in [5.41, 5.74) is 5.67. The van der Waals surface area contributed by atoms with Gasteiger partial charge < -0.3 is 25.4 Å². The molecule has 3 N–H and O–H groups in total. The van der Waals surface area contributed by atoms with Crippen LogP contribution < -0.4 is 11.1 Å². The van der Waals surface area contributed by atoms with Crippen molar-refractivity contribution in [1.29, 1.82) is 0 Å². The Balaban J connectivity index is 1.66. The van der Waals surface area contributed by atoms with Crippen molar-refractivity contribution < 1.29 is 33.5 Å². The first-order valence-corrected chi connectivity index (χ1v) is 12.0. The number of rotatable bonds is 7. The van der Waals surface area contributed by atoms with Crippen LogP contribution in [0.2, 0.25) is 0 Å². The molecule has 0 spiro atoms. The fraction of sp³-hybridized carbons (Fsp3) is 0.500. The van der Waals surface area contributed by atoms with Crippen LogP contribution >= 0.6 is 23.1 Å². The standard InChI is InChI=1S/C20H25N5O7S2/c1-9-6-33-16-12(23-14(26)11(24-30-5)10-7-34-19(21)22-10)15(27)25(16)13(9)17(28)31-8-32-18(29)20(2,3)4/h7,12,16H,6,8H2,1-5H3,(H2,21,22)(H,23,26)/b24-11-/t12?,16-/m0/s1. The Morgan fingerprint density at radius 3 is 2.62 bits per heavy atom. The Bertz CT molecular complexity index is 1080. The molecule has 34 heavy (non-hydrogen) atoms. The number of nitrogens with zero attached hydrogens (tertiary/aromatic N) is 3. The van der Waals surface area contributed by atoms with Gasteiger partial charge in [-0.1, -0.05) is 5.16 Å². The highest BCUT2D eigenvalue weighted by Crippen LogP contribution is 2.40. The summed E-state index contributed by atoms with van der Waals surface area (Å²) in [4.78, 5) is 60.3. The molecule has 184 valence electrons. The number of β-lactam (4-membered cyclic amide) rings is 1. The number of anilines is 1. The van der Waals surface area contributed by atoms with E-state index in [9.17, 15) is 19.2 Å². The van der Waals surface area contributed by atoms with Crippen LogP contribution in [0.4, 0.5) is 5.13 Å². The van der Waals surface area contributed by atoms with Crippen LogP contribution in [0.25, 0.3) is 0 Å². The molecule has 14 heteroatoms.